The van der Waals surface area contributed by atoms with Gasteiger partial charge in [-0.25, -0.2) is 0 Å². The Labute approximate surface area is 124 Å². The molecule has 0 bridgehead atoms. The van der Waals surface area contributed by atoms with Gasteiger partial charge in [-0.3, -0.25) is 0 Å². The van der Waals surface area contributed by atoms with Crippen LogP contribution in [0.1, 0.15) is 16.7 Å². The largest absolute Gasteiger partial charge is 0.417 e. The Balaban J connectivity index is 2.20. The summed E-state index contributed by atoms with van der Waals surface area (Å²) >= 11 is 5.55. The molecule has 21 heavy (non-hydrogen) atoms. The van der Waals surface area contributed by atoms with E-state index >= 15 is 0 Å². The van der Waals surface area contributed by atoms with Crippen molar-refractivity contribution < 1.29 is 13.2 Å². The third-order valence-corrected chi connectivity index (χ3v) is 3.22. The van der Waals surface area contributed by atoms with Crippen molar-refractivity contribution in [1.82, 2.24) is 0 Å². The van der Waals surface area contributed by atoms with Crippen LogP contribution in [0.25, 0.3) is 0 Å². The highest BCUT2D eigenvalue weighted by Crippen LogP contribution is 2.36. The number of nitrogens with one attached hydrogen (secondary N) is 1. The molecule has 0 fully saturated rings. The molecule has 0 aromatic heterocycles. The number of anilines is 1. The van der Waals surface area contributed by atoms with Crippen LogP contribution in [-0.4, -0.2) is 0 Å². The summed E-state index contributed by atoms with van der Waals surface area (Å²) in [4.78, 5) is 0. The molecule has 0 atom stereocenters. The van der Waals surface area contributed by atoms with Gasteiger partial charge < -0.3 is 5.32 Å². The van der Waals surface area contributed by atoms with Crippen molar-refractivity contribution >= 4 is 17.3 Å². The normalized spacial score (nSPS) is 11.0. The van der Waals surface area contributed by atoms with Crippen molar-refractivity contribution in [2.24, 2.45) is 0 Å². The van der Waals surface area contributed by atoms with Gasteiger partial charge in [-0.1, -0.05) is 29.8 Å². The Bertz CT molecular complexity index is 690. The molecule has 0 radical (unpaired) electrons. The maximum absolute atomic E-state index is 12.8. The maximum Gasteiger partial charge on any atom is 0.417 e. The molecule has 0 heterocycles. The van der Waals surface area contributed by atoms with E-state index in [0.29, 0.717) is 16.8 Å². The lowest BCUT2D eigenvalue weighted by atomic mass is 10.1. The fraction of sp³-hybridized carbons (Fsp3) is 0.133. The number of halogens is 4. The van der Waals surface area contributed by atoms with E-state index in [0.717, 1.165) is 6.07 Å². The number of benzene rings is 2. The van der Waals surface area contributed by atoms with E-state index in [-0.39, 0.29) is 11.6 Å². The SMILES string of the molecule is N#Cc1ccccc1CNc1ccc(Cl)c(C(F)(F)F)c1. The molecule has 0 aliphatic carbocycles. The second-order valence-corrected chi connectivity index (χ2v) is 4.72. The Hall–Kier alpha value is -2.19. The van der Waals surface area contributed by atoms with Crippen molar-refractivity contribution in [2.75, 3.05) is 5.32 Å². The number of hydrogen-bond donors (Lipinski definition) is 1. The van der Waals surface area contributed by atoms with Crippen molar-refractivity contribution in [1.29, 1.82) is 5.26 Å². The van der Waals surface area contributed by atoms with Gasteiger partial charge in [-0.2, -0.15) is 18.4 Å². The summed E-state index contributed by atoms with van der Waals surface area (Å²) in [6, 6.07) is 12.5. The molecular formula is C15H10ClF3N2. The van der Waals surface area contributed by atoms with Gasteiger partial charge >= 0.3 is 6.18 Å². The van der Waals surface area contributed by atoms with Gasteiger partial charge in [0.1, 0.15) is 0 Å². The Morgan fingerprint density at radius 2 is 1.86 bits per heavy atom. The highest BCUT2D eigenvalue weighted by Gasteiger charge is 2.33. The smallest absolute Gasteiger partial charge is 0.381 e. The molecule has 0 aliphatic heterocycles. The quantitative estimate of drug-likeness (QED) is 0.880. The van der Waals surface area contributed by atoms with Crippen LogP contribution in [0.2, 0.25) is 5.02 Å². The predicted octanol–water partition coefficient (Wildman–Crippen LogP) is 4.84. The van der Waals surface area contributed by atoms with E-state index < -0.39 is 11.7 Å². The van der Waals surface area contributed by atoms with Crippen molar-refractivity contribution in [3.8, 4) is 6.07 Å². The molecule has 6 heteroatoms. The van der Waals surface area contributed by atoms with Gasteiger partial charge in [0.25, 0.3) is 0 Å². The topological polar surface area (TPSA) is 35.8 Å². The van der Waals surface area contributed by atoms with E-state index in [1.165, 1.54) is 12.1 Å². The van der Waals surface area contributed by atoms with Gasteiger partial charge in [0.05, 0.1) is 22.2 Å². The molecular weight excluding hydrogens is 301 g/mol. The van der Waals surface area contributed by atoms with Crippen molar-refractivity contribution in [3.05, 3.63) is 64.2 Å². The lowest BCUT2D eigenvalue weighted by molar-refractivity contribution is -0.137. The molecule has 0 aliphatic rings. The fourth-order valence-corrected chi connectivity index (χ4v) is 2.06. The minimum atomic E-state index is -4.50. The number of nitriles is 1. The number of alkyl halides is 3. The molecule has 2 rings (SSSR count). The first-order chi connectivity index (χ1) is 9.91. The zero-order valence-corrected chi connectivity index (χ0v) is 11.5. The summed E-state index contributed by atoms with van der Waals surface area (Å²) in [5, 5.41) is 11.5. The summed E-state index contributed by atoms with van der Waals surface area (Å²) in [7, 11) is 0. The first kappa shape index (κ1) is 15.2. The summed E-state index contributed by atoms with van der Waals surface area (Å²) in [5.74, 6) is 0. The molecule has 0 spiro atoms. The van der Waals surface area contributed by atoms with E-state index in [2.05, 4.69) is 5.32 Å². The predicted molar refractivity (Wildman–Crippen MR) is 74.9 cm³/mol. The Kier molecular flexibility index (Phi) is 4.39. The standard InChI is InChI=1S/C15H10ClF3N2/c16-14-6-5-12(7-13(14)15(17,18)19)21-9-11-4-2-1-3-10(11)8-20/h1-7,21H,9H2. The summed E-state index contributed by atoms with van der Waals surface area (Å²) in [6.45, 7) is 0.253. The zero-order chi connectivity index (χ0) is 15.5. The van der Waals surface area contributed by atoms with Crippen LogP contribution in [0.3, 0.4) is 0 Å². The molecule has 0 saturated heterocycles. The van der Waals surface area contributed by atoms with E-state index in [1.807, 2.05) is 6.07 Å². The van der Waals surface area contributed by atoms with Crippen LogP contribution in [0.4, 0.5) is 18.9 Å². The van der Waals surface area contributed by atoms with E-state index in [4.69, 9.17) is 16.9 Å². The van der Waals surface area contributed by atoms with Gasteiger partial charge in [-0.15, -0.1) is 0 Å². The number of hydrogen-bond acceptors (Lipinski definition) is 2. The second-order valence-electron chi connectivity index (χ2n) is 4.31. The van der Waals surface area contributed by atoms with Gasteiger partial charge in [0, 0.05) is 12.2 Å². The van der Waals surface area contributed by atoms with Crippen LogP contribution >= 0.6 is 11.6 Å². The number of nitrogens with zero attached hydrogens (tertiary/aromatic N) is 1. The third-order valence-electron chi connectivity index (χ3n) is 2.89. The Morgan fingerprint density at radius 1 is 1.14 bits per heavy atom. The first-order valence-corrected chi connectivity index (χ1v) is 6.38. The Morgan fingerprint density at radius 3 is 2.52 bits per heavy atom. The fourth-order valence-electron chi connectivity index (χ4n) is 1.83. The van der Waals surface area contributed by atoms with Crippen molar-refractivity contribution in [2.45, 2.75) is 12.7 Å². The zero-order valence-electron chi connectivity index (χ0n) is 10.7. The molecule has 2 nitrogen and oxygen atoms in total. The van der Waals surface area contributed by atoms with Crippen LogP contribution in [0.5, 0.6) is 0 Å². The molecule has 0 amide bonds. The van der Waals surface area contributed by atoms with Gasteiger partial charge in [0.2, 0.25) is 0 Å². The van der Waals surface area contributed by atoms with E-state index in [9.17, 15) is 13.2 Å². The molecule has 1 N–H and O–H groups in total. The average Bonchev–Trinajstić information content (AvgIpc) is 2.45. The van der Waals surface area contributed by atoms with Gasteiger partial charge in [0.15, 0.2) is 0 Å². The molecule has 0 unspecified atom stereocenters. The molecule has 108 valence electrons. The average molecular weight is 311 g/mol. The van der Waals surface area contributed by atoms with Gasteiger partial charge in [-0.05, 0) is 29.8 Å². The third kappa shape index (κ3) is 3.67. The van der Waals surface area contributed by atoms with Crippen LogP contribution in [-0.2, 0) is 12.7 Å². The first-order valence-electron chi connectivity index (χ1n) is 6.00. The van der Waals surface area contributed by atoms with Crippen LogP contribution < -0.4 is 5.32 Å². The number of rotatable bonds is 3. The lowest BCUT2D eigenvalue weighted by Gasteiger charge is -2.12. The molecule has 2 aromatic rings. The molecule has 0 saturated carbocycles. The van der Waals surface area contributed by atoms with Crippen LogP contribution in [0.15, 0.2) is 42.5 Å². The van der Waals surface area contributed by atoms with E-state index in [1.54, 1.807) is 24.3 Å². The summed E-state index contributed by atoms with van der Waals surface area (Å²) in [6.07, 6.45) is -4.50. The monoisotopic (exact) mass is 310 g/mol. The minimum absolute atomic E-state index is 0.253. The lowest BCUT2D eigenvalue weighted by Crippen LogP contribution is -2.08. The maximum atomic E-state index is 12.8. The highest BCUT2D eigenvalue weighted by molar-refractivity contribution is 6.31. The summed E-state index contributed by atoms with van der Waals surface area (Å²) in [5.41, 5.74) is 0.598. The highest BCUT2D eigenvalue weighted by atomic mass is 35.5. The second kappa shape index (κ2) is 6.06. The van der Waals surface area contributed by atoms with Crippen LogP contribution in [0, 0.1) is 11.3 Å². The van der Waals surface area contributed by atoms with Crippen molar-refractivity contribution in [3.63, 3.8) is 0 Å². The summed E-state index contributed by atoms with van der Waals surface area (Å²) < 4.78 is 38.3. The molecule has 2 aromatic carbocycles. The minimum Gasteiger partial charge on any atom is -0.381 e.